The molecule has 1 aromatic carbocycles. The Morgan fingerprint density at radius 2 is 2.20 bits per heavy atom. The fourth-order valence-corrected chi connectivity index (χ4v) is 2.55. The van der Waals surface area contributed by atoms with Crippen LogP contribution in [0.2, 0.25) is 5.02 Å². The lowest BCUT2D eigenvalue weighted by molar-refractivity contribution is -0.150. The van der Waals surface area contributed by atoms with Crippen molar-refractivity contribution in [2.45, 2.75) is 13.0 Å². The second-order valence-electron chi connectivity index (χ2n) is 4.58. The summed E-state index contributed by atoms with van der Waals surface area (Å²) in [7, 11) is 0. The fraction of sp³-hybridized carbons (Fsp3) is 0.500. The van der Waals surface area contributed by atoms with Crippen LogP contribution in [-0.4, -0.2) is 43.7 Å². The van der Waals surface area contributed by atoms with Crippen molar-refractivity contribution in [3.8, 4) is 0 Å². The van der Waals surface area contributed by atoms with Crippen molar-refractivity contribution in [2.75, 3.05) is 32.8 Å². The standard InChI is InChI=1S/C14H18ClFN2O2/c1-2-20-14(19)13(18-8-6-17-7-9-18)10-4-3-5-11(15)12(10)16/h3-5,13,17H,2,6-9H2,1H3. The maximum absolute atomic E-state index is 14.2. The van der Waals surface area contributed by atoms with E-state index in [9.17, 15) is 9.18 Å². The normalized spacial score (nSPS) is 17.8. The lowest BCUT2D eigenvalue weighted by Crippen LogP contribution is -2.47. The minimum absolute atomic E-state index is 0.0203. The van der Waals surface area contributed by atoms with E-state index in [0.29, 0.717) is 13.1 Å². The van der Waals surface area contributed by atoms with Crippen LogP contribution in [0.3, 0.4) is 0 Å². The molecule has 1 aliphatic rings. The van der Waals surface area contributed by atoms with Crippen molar-refractivity contribution in [3.05, 3.63) is 34.6 Å². The van der Waals surface area contributed by atoms with Crippen molar-refractivity contribution in [2.24, 2.45) is 0 Å². The van der Waals surface area contributed by atoms with Crippen LogP contribution in [0.1, 0.15) is 18.5 Å². The van der Waals surface area contributed by atoms with Crippen LogP contribution in [0, 0.1) is 5.82 Å². The third-order valence-electron chi connectivity index (χ3n) is 3.30. The Morgan fingerprint density at radius 1 is 1.50 bits per heavy atom. The number of piperazine rings is 1. The molecule has 0 aliphatic carbocycles. The van der Waals surface area contributed by atoms with Crippen LogP contribution in [0.15, 0.2) is 18.2 Å². The Kier molecular flexibility index (Phi) is 5.34. The van der Waals surface area contributed by atoms with Crippen LogP contribution in [0.25, 0.3) is 0 Å². The lowest BCUT2D eigenvalue weighted by Gasteiger charge is -2.33. The van der Waals surface area contributed by atoms with E-state index >= 15 is 0 Å². The largest absolute Gasteiger partial charge is 0.465 e. The summed E-state index contributed by atoms with van der Waals surface area (Å²) >= 11 is 5.82. The predicted octanol–water partition coefficient (Wildman–Crippen LogP) is 1.99. The molecule has 1 fully saturated rings. The summed E-state index contributed by atoms with van der Waals surface area (Å²) in [6, 6.07) is 3.97. The van der Waals surface area contributed by atoms with E-state index in [0.717, 1.165) is 13.1 Å². The topological polar surface area (TPSA) is 41.6 Å². The molecular formula is C14H18ClFN2O2. The average Bonchev–Trinajstić information content (AvgIpc) is 2.45. The average molecular weight is 301 g/mol. The zero-order chi connectivity index (χ0) is 14.5. The van der Waals surface area contributed by atoms with E-state index in [4.69, 9.17) is 16.3 Å². The SMILES string of the molecule is CCOC(=O)C(c1cccc(Cl)c1F)N1CCNCC1. The number of rotatable bonds is 4. The van der Waals surface area contributed by atoms with Gasteiger partial charge in [-0.3, -0.25) is 4.90 Å². The van der Waals surface area contributed by atoms with Gasteiger partial charge in [-0.2, -0.15) is 0 Å². The van der Waals surface area contributed by atoms with E-state index in [1.54, 1.807) is 19.1 Å². The van der Waals surface area contributed by atoms with Gasteiger partial charge in [0, 0.05) is 31.7 Å². The van der Waals surface area contributed by atoms with Gasteiger partial charge in [0.05, 0.1) is 11.6 Å². The minimum Gasteiger partial charge on any atom is -0.465 e. The highest BCUT2D eigenvalue weighted by atomic mass is 35.5. The molecule has 6 heteroatoms. The number of nitrogens with zero attached hydrogens (tertiary/aromatic N) is 1. The molecule has 0 bridgehead atoms. The van der Waals surface area contributed by atoms with Crippen LogP contribution >= 0.6 is 11.6 Å². The maximum atomic E-state index is 14.2. The summed E-state index contributed by atoms with van der Waals surface area (Å²) in [5, 5.41) is 3.22. The Hall–Kier alpha value is -1.17. The van der Waals surface area contributed by atoms with Crippen molar-refractivity contribution < 1.29 is 13.9 Å². The van der Waals surface area contributed by atoms with Crippen molar-refractivity contribution in [3.63, 3.8) is 0 Å². The van der Waals surface area contributed by atoms with Crippen molar-refractivity contribution in [1.29, 1.82) is 0 Å². The zero-order valence-electron chi connectivity index (χ0n) is 11.4. The molecule has 1 atom stereocenters. The lowest BCUT2D eigenvalue weighted by atomic mass is 10.0. The number of halogens is 2. The first-order chi connectivity index (χ1) is 9.65. The van der Waals surface area contributed by atoms with E-state index in [2.05, 4.69) is 5.32 Å². The number of nitrogens with one attached hydrogen (secondary N) is 1. The fourth-order valence-electron chi connectivity index (χ4n) is 2.37. The molecule has 0 saturated carbocycles. The molecule has 4 nitrogen and oxygen atoms in total. The third kappa shape index (κ3) is 3.29. The summed E-state index contributed by atoms with van der Waals surface area (Å²) in [5.41, 5.74) is 0.276. The summed E-state index contributed by atoms with van der Waals surface area (Å²) in [4.78, 5) is 14.1. The van der Waals surface area contributed by atoms with Crippen LogP contribution in [-0.2, 0) is 9.53 Å². The number of ether oxygens (including phenoxy) is 1. The summed E-state index contributed by atoms with van der Waals surface area (Å²) in [6.45, 7) is 4.85. The zero-order valence-corrected chi connectivity index (χ0v) is 12.1. The van der Waals surface area contributed by atoms with Crippen LogP contribution in [0.5, 0.6) is 0 Å². The second kappa shape index (κ2) is 7.02. The Bertz CT molecular complexity index is 478. The number of hydrogen-bond donors (Lipinski definition) is 1. The van der Waals surface area contributed by atoms with Gasteiger partial charge in [-0.15, -0.1) is 0 Å². The molecule has 2 rings (SSSR count). The Balaban J connectivity index is 2.34. The van der Waals surface area contributed by atoms with Crippen molar-refractivity contribution >= 4 is 17.6 Å². The Labute approximate surface area is 122 Å². The van der Waals surface area contributed by atoms with E-state index < -0.39 is 17.8 Å². The highest BCUT2D eigenvalue weighted by Gasteiger charge is 2.32. The molecule has 1 aromatic rings. The van der Waals surface area contributed by atoms with Gasteiger partial charge in [-0.05, 0) is 13.0 Å². The summed E-state index contributed by atoms with van der Waals surface area (Å²) in [6.07, 6.45) is 0. The Morgan fingerprint density at radius 3 is 2.85 bits per heavy atom. The van der Waals surface area contributed by atoms with Gasteiger partial charge in [0.15, 0.2) is 0 Å². The molecule has 1 N–H and O–H groups in total. The van der Waals surface area contributed by atoms with Gasteiger partial charge < -0.3 is 10.1 Å². The molecule has 110 valence electrons. The molecule has 0 aromatic heterocycles. The van der Waals surface area contributed by atoms with E-state index in [1.807, 2.05) is 4.90 Å². The van der Waals surface area contributed by atoms with Gasteiger partial charge in [0.1, 0.15) is 11.9 Å². The number of carbonyl (C=O) groups excluding carboxylic acids is 1. The number of carbonyl (C=O) groups is 1. The second-order valence-corrected chi connectivity index (χ2v) is 4.99. The number of esters is 1. The molecule has 1 heterocycles. The molecule has 0 amide bonds. The third-order valence-corrected chi connectivity index (χ3v) is 3.59. The number of benzene rings is 1. The molecule has 0 spiro atoms. The monoisotopic (exact) mass is 300 g/mol. The highest BCUT2D eigenvalue weighted by Crippen LogP contribution is 2.28. The maximum Gasteiger partial charge on any atom is 0.328 e. The molecule has 1 saturated heterocycles. The first kappa shape index (κ1) is 15.2. The van der Waals surface area contributed by atoms with Gasteiger partial charge >= 0.3 is 5.97 Å². The first-order valence-corrected chi connectivity index (χ1v) is 7.08. The molecule has 1 aliphatic heterocycles. The van der Waals surface area contributed by atoms with Crippen LogP contribution in [0.4, 0.5) is 4.39 Å². The first-order valence-electron chi connectivity index (χ1n) is 6.70. The molecule has 0 radical (unpaired) electrons. The summed E-state index contributed by atoms with van der Waals surface area (Å²) < 4.78 is 19.3. The highest BCUT2D eigenvalue weighted by molar-refractivity contribution is 6.30. The van der Waals surface area contributed by atoms with Gasteiger partial charge in [0.25, 0.3) is 0 Å². The molecular weight excluding hydrogens is 283 g/mol. The molecule has 20 heavy (non-hydrogen) atoms. The van der Waals surface area contributed by atoms with E-state index in [-0.39, 0.29) is 17.2 Å². The van der Waals surface area contributed by atoms with Gasteiger partial charge in [0.2, 0.25) is 0 Å². The quantitative estimate of drug-likeness (QED) is 0.864. The van der Waals surface area contributed by atoms with Gasteiger partial charge in [-0.25, -0.2) is 9.18 Å². The molecule has 1 unspecified atom stereocenters. The van der Waals surface area contributed by atoms with Crippen LogP contribution < -0.4 is 5.32 Å². The summed E-state index contributed by atoms with van der Waals surface area (Å²) in [5.74, 6) is -0.985. The van der Waals surface area contributed by atoms with E-state index in [1.165, 1.54) is 6.07 Å². The van der Waals surface area contributed by atoms with Gasteiger partial charge in [-0.1, -0.05) is 23.7 Å². The minimum atomic E-state index is -0.740. The van der Waals surface area contributed by atoms with Crippen molar-refractivity contribution in [1.82, 2.24) is 10.2 Å². The smallest absolute Gasteiger partial charge is 0.328 e. The predicted molar refractivity (Wildman–Crippen MR) is 75.2 cm³/mol. The number of hydrogen-bond acceptors (Lipinski definition) is 4.